The fraction of sp³-hybridized carbons (Fsp3) is 0.647. The molecular formula is C34H53O2. The summed E-state index contributed by atoms with van der Waals surface area (Å²) >= 11 is 0. The number of hydrogen-bond donors (Lipinski definition) is 0. The van der Waals surface area contributed by atoms with Gasteiger partial charge in [-0.1, -0.05) is 140 Å². The van der Waals surface area contributed by atoms with Crippen LogP contribution in [0.4, 0.5) is 0 Å². The maximum Gasteiger partial charge on any atom is 0.127 e. The number of unbranched alkanes of at least 4 members (excludes halogenated alkanes) is 17. The summed E-state index contributed by atoms with van der Waals surface area (Å²) in [4.78, 5) is 0. The van der Waals surface area contributed by atoms with Gasteiger partial charge in [0.2, 0.25) is 0 Å². The van der Waals surface area contributed by atoms with Crippen LogP contribution in [0.1, 0.15) is 129 Å². The van der Waals surface area contributed by atoms with E-state index in [1.807, 2.05) is 31.2 Å². The summed E-state index contributed by atoms with van der Waals surface area (Å²) in [6.45, 7) is 5.75. The lowest BCUT2D eigenvalue weighted by Gasteiger charge is -2.12. The van der Waals surface area contributed by atoms with Crippen molar-refractivity contribution in [3.8, 4) is 22.6 Å². The molecule has 0 spiro atoms. The minimum Gasteiger partial charge on any atom is -0.493 e. The third-order valence-electron chi connectivity index (χ3n) is 7.03. The highest BCUT2D eigenvalue weighted by Crippen LogP contribution is 2.31. The van der Waals surface area contributed by atoms with Gasteiger partial charge in [0.1, 0.15) is 11.5 Å². The summed E-state index contributed by atoms with van der Waals surface area (Å²) in [6, 6.07) is 17.5. The summed E-state index contributed by atoms with van der Waals surface area (Å²) < 4.78 is 11.8. The highest BCUT2D eigenvalue weighted by Gasteiger charge is 2.07. The molecular weight excluding hydrogens is 440 g/mol. The van der Waals surface area contributed by atoms with Crippen LogP contribution in [0.3, 0.4) is 0 Å². The Labute approximate surface area is 223 Å². The van der Waals surface area contributed by atoms with Crippen molar-refractivity contribution in [3.63, 3.8) is 0 Å². The second kappa shape index (κ2) is 21.2. The minimum absolute atomic E-state index is 0.665. The van der Waals surface area contributed by atoms with E-state index < -0.39 is 0 Å². The van der Waals surface area contributed by atoms with Crippen LogP contribution in [-0.2, 0) is 0 Å². The monoisotopic (exact) mass is 493 g/mol. The quantitative estimate of drug-likeness (QED) is 0.143. The van der Waals surface area contributed by atoms with E-state index in [1.54, 1.807) is 0 Å². The number of ether oxygens (including phenoxy) is 2. The molecule has 36 heavy (non-hydrogen) atoms. The van der Waals surface area contributed by atoms with Crippen molar-refractivity contribution in [3.05, 3.63) is 48.5 Å². The van der Waals surface area contributed by atoms with Crippen molar-refractivity contribution < 1.29 is 9.47 Å². The molecule has 2 aromatic carbocycles. The molecule has 2 rings (SSSR count). The lowest BCUT2D eigenvalue weighted by Crippen LogP contribution is -1.98. The number of para-hydroxylation sites is 1. The van der Waals surface area contributed by atoms with E-state index in [-0.39, 0.29) is 0 Å². The Hall–Kier alpha value is -1.96. The van der Waals surface area contributed by atoms with Crippen LogP contribution < -0.4 is 9.47 Å². The van der Waals surface area contributed by atoms with Crippen LogP contribution in [0.5, 0.6) is 11.5 Å². The van der Waals surface area contributed by atoms with Gasteiger partial charge in [0, 0.05) is 11.6 Å². The van der Waals surface area contributed by atoms with Gasteiger partial charge in [-0.2, -0.15) is 0 Å². The Morgan fingerprint density at radius 1 is 0.583 bits per heavy atom. The van der Waals surface area contributed by atoms with Crippen LogP contribution in [0.25, 0.3) is 11.1 Å². The molecule has 1 radical (unpaired) electrons. The molecule has 0 aliphatic heterocycles. The Morgan fingerprint density at radius 3 is 1.67 bits per heavy atom. The van der Waals surface area contributed by atoms with Crippen LogP contribution in [0.2, 0.25) is 0 Å². The molecule has 0 saturated carbocycles. The van der Waals surface area contributed by atoms with Crippen molar-refractivity contribution in [1.82, 2.24) is 0 Å². The second-order valence-corrected chi connectivity index (χ2v) is 10.2. The third-order valence-corrected chi connectivity index (χ3v) is 7.03. The minimum atomic E-state index is 0.665. The van der Waals surface area contributed by atoms with Gasteiger partial charge >= 0.3 is 0 Å². The lowest BCUT2D eigenvalue weighted by molar-refractivity contribution is 0.303. The van der Waals surface area contributed by atoms with Gasteiger partial charge in [0.15, 0.2) is 0 Å². The molecule has 0 N–H and O–H groups in total. The molecule has 0 saturated heterocycles. The van der Waals surface area contributed by atoms with Crippen LogP contribution in [0, 0.1) is 6.07 Å². The molecule has 0 atom stereocenters. The van der Waals surface area contributed by atoms with Crippen molar-refractivity contribution in [1.29, 1.82) is 0 Å². The van der Waals surface area contributed by atoms with Gasteiger partial charge < -0.3 is 9.47 Å². The van der Waals surface area contributed by atoms with E-state index >= 15 is 0 Å². The van der Waals surface area contributed by atoms with Crippen LogP contribution in [0.15, 0.2) is 42.5 Å². The molecule has 2 nitrogen and oxygen atoms in total. The largest absolute Gasteiger partial charge is 0.493 e. The first kappa shape index (κ1) is 30.3. The molecule has 0 unspecified atom stereocenters. The zero-order chi connectivity index (χ0) is 25.5. The summed E-state index contributed by atoms with van der Waals surface area (Å²) in [5.74, 6) is 1.74. The predicted molar refractivity (Wildman–Crippen MR) is 156 cm³/mol. The first-order valence-electron chi connectivity index (χ1n) is 15.2. The van der Waals surface area contributed by atoms with Crippen molar-refractivity contribution in [2.24, 2.45) is 0 Å². The maximum atomic E-state index is 6.00. The zero-order valence-corrected chi connectivity index (χ0v) is 23.5. The predicted octanol–water partition coefficient (Wildman–Crippen LogP) is 11.0. The summed E-state index contributed by atoms with van der Waals surface area (Å²) in [5, 5.41) is 0. The molecule has 201 valence electrons. The van der Waals surface area contributed by atoms with Crippen LogP contribution >= 0.6 is 0 Å². The van der Waals surface area contributed by atoms with Crippen LogP contribution in [-0.4, -0.2) is 13.2 Å². The van der Waals surface area contributed by atoms with E-state index in [0.717, 1.165) is 35.7 Å². The Balaban J connectivity index is 1.42. The molecule has 2 aromatic rings. The average molecular weight is 494 g/mol. The van der Waals surface area contributed by atoms with E-state index in [1.165, 1.54) is 109 Å². The Morgan fingerprint density at radius 2 is 1.11 bits per heavy atom. The fourth-order valence-corrected chi connectivity index (χ4v) is 4.87. The summed E-state index contributed by atoms with van der Waals surface area (Å²) in [7, 11) is 0. The summed E-state index contributed by atoms with van der Waals surface area (Å²) in [6.07, 6.45) is 25.2. The molecule has 2 heteroatoms. The normalized spacial score (nSPS) is 11.1. The number of benzene rings is 2. The molecule has 0 heterocycles. The zero-order valence-electron chi connectivity index (χ0n) is 23.5. The first-order chi connectivity index (χ1) is 17.8. The van der Waals surface area contributed by atoms with Gasteiger partial charge in [0.05, 0.1) is 13.2 Å². The molecule has 0 aliphatic carbocycles. The third kappa shape index (κ3) is 14.0. The Bertz CT molecular complexity index is 769. The van der Waals surface area contributed by atoms with E-state index in [0.29, 0.717) is 6.61 Å². The number of rotatable bonds is 23. The SMILES string of the molecule is CCCCCCCCCCCCCCCCCCCCOc1[c]ccc(-c2ccccc2OCC)c1. The molecule has 0 aromatic heterocycles. The van der Waals surface area contributed by atoms with Crippen molar-refractivity contribution in [2.75, 3.05) is 13.2 Å². The number of hydrogen-bond acceptors (Lipinski definition) is 2. The maximum absolute atomic E-state index is 6.00. The summed E-state index contributed by atoms with van der Waals surface area (Å²) in [5.41, 5.74) is 2.22. The highest BCUT2D eigenvalue weighted by atomic mass is 16.5. The molecule has 0 amide bonds. The van der Waals surface area contributed by atoms with Gasteiger partial charge in [-0.05, 0) is 37.1 Å². The van der Waals surface area contributed by atoms with Gasteiger partial charge in [-0.25, -0.2) is 0 Å². The van der Waals surface area contributed by atoms with E-state index in [2.05, 4.69) is 31.2 Å². The van der Waals surface area contributed by atoms with Gasteiger partial charge in [-0.15, -0.1) is 0 Å². The van der Waals surface area contributed by atoms with Gasteiger partial charge in [0.25, 0.3) is 0 Å². The Kier molecular flexibility index (Phi) is 17.8. The molecule has 0 aliphatic rings. The lowest BCUT2D eigenvalue weighted by atomic mass is 10.0. The van der Waals surface area contributed by atoms with Crippen molar-refractivity contribution in [2.45, 2.75) is 129 Å². The topological polar surface area (TPSA) is 18.5 Å². The average Bonchev–Trinajstić information content (AvgIpc) is 2.91. The van der Waals surface area contributed by atoms with Crippen molar-refractivity contribution >= 4 is 0 Å². The van der Waals surface area contributed by atoms with E-state index in [4.69, 9.17) is 9.47 Å². The molecule has 0 fully saturated rings. The fourth-order valence-electron chi connectivity index (χ4n) is 4.87. The smallest absolute Gasteiger partial charge is 0.127 e. The second-order valence-electron chi connectivity index (χ2n) is 10.2. The standard InChI is InChI=1S/C34H53O2/c1-3-5-6-7-8-9-10-11-12-13-14-15-16-17-18-19-20-23-29-36-32-26-24-25-31(30-32)33-27-21-22-28-34(33)35-4-2/h21-22,24-25,27-28,30H,3-20,23,29H2,1-2H3. The first-order valence-corrected chi connectivity index (χ1v) is 15.2. The van der Waals surface area contributed by atoms with Gasteiger partial charge in [-0.3, -0.25) is 0 Å². The highest BCUT2D eigenvalue weighted by molar-refractivity contribution is 5.71. The molecule has 0 bridgehead atoms. The van der Waals surface area contributed by atoms with E-state index in [9.17, 15) is 0 Å².